The number of rotatable bonds is 3. The van der Waals surface area contributed by atoms with Gasteiger partial charge in [-0.05, 0) is 36.8 Å². The number of aliphatic hydroxyl groups is 1. The van der Waals surface area contributed by atoms with Gasteiger partial charge in [0.05, 0.1) is 24.6 Å². The predicted molar refractivity (Wildman–Crippen MR) is 79.7 cm³/mol. The van der Waals surface area contributed by atoms with Crippen LogP contribution in [0.25, 0.3) is 0 Å². The van der Waals surface area contributed by atoms with Gasteiger partial charge in [-0.1, -0.05) is 11.8 Å². The van der Waals surface area contributed by atoms with Gasteiger partial charge in [0.15, 0.2) is 0 Å². The Kier molecular flexibility index (Phi) is 5.02. The van der Waals surface area contributed by atoms with Gasteiger partial charge in [0, 0.05) is 17.7 Å². The molecule has 2 N–H and O–H groups in total. The zero-order chi connectivity index (χ0) is 15.1. The van der Waals surface area contributed by atoms with E-state index in [4.69, 9.17) is 5.11 Å². The third-order valence-corrected chi connectivity index (χ3v) is 2.79. The first kappa shape index (κ1) is 14.7. The van der Waals surface area contributed by atoms with E-state index in [1.807, 2.05) is 25.1 Å². The van der Waals surface area contributed by atoms with Gasteiger partial charge in [0.2, 0.25) is 0 Å². The fraction of sp³-hybridized carbons (Fsp3) is 0.188. The Hall–Kier alpha value is -2.71. The molecule has 1 amide bonds. The molecular formula is C16H15N3O2. The van der Waals surface area contributed by atoms with E-state index in [2.05, 4.69) is 27.4 Å². The summed E-state index contributed by atoms with van der Waals surface area (Å²) in [5.41, 5.74) is 2.95. The standard InChI is InChI=1S/C16H15N3O2/c1-12-10-13(4-2-3-9-20)5-6-15(12)19-16(21)14-7-8-17-18-11-14/h5-8,10-11,20H,3,9H2,1H3,(H,19,21). The number of anilines is 1. The zero-order valence-electron chi connectivity index (χ0n) is 11.6. The van der Waals surface area contributed by atoms with Crippen LogP contribution in [0.1, 0.15) is 27.9 Å². The number of nitrogens with zero attached hydrogens (tertiary/aromatic N) is 2. The van der Waals surface area contributed by atoms with Crippen molar-refractivity contribution in [2.24, 2.45) is 0 Å². The maximum absolute atomic E-state index is 12.0. The largest absolute Gasteiger partial charge is 0.395 e. The van der Waals surface area contributed by atoms with Crippen LogP contribution in [0.15, 0.2) is 36.7 Å². The van der Waals surface area contributed by atoms with Crippen molar-refractivity contribution in [1.29, 1.82) is 0 Å². The molecule has 0 radical (unpaired) electrons. The first-order valence-electron chi connectivity index (χ1n) is 6.49. The molecule has 0 spiro atoms. The second-order valence-electron chi connectivity index (χ2n) is 4.39. The average Bonchev–Trinajstić information content (AvgIpc) is 2.51. The van der Waals surface area contributed by atoms with Crippen LogP contribution in [0, 0.1) is 18.8 Å². The van der Waals surface area contributed by atoms with Gasteiger partial charge in [-0.15, -0.1) is 0 Å². The molecule has 1 heterocycles. The van der Waals surface area contributed by atoms with Gasteiger partial charge >= 0.3 is 0 Å². The van der Waals surface area contributed by atoms with E-state index in [9.17, 15) is 4.79 Å². The number of aryl methyl sites for hydroxylation is 1. The maximum Gasteiger partial charge on any atom is 0.257 e. The number of nitrogens with one attached hydrogen (secondary N) is 1. The van der Waals surface area contributed by atoms with E-state index < -0.39 is 0 Å². The normalized spacial score (nSPS) is 9.62. The molecule has 2 rings (SSSR count). The summed E-state index contributed by atoms with van der Waals surface area (Å²) in [6.07, 6.45) is 3.34. The molecule has 5 heteroatoms. The third-order valence-electron chi connectivity index (χ3n) is 2.79. The third kappa shape index (κ3) is 4.13. The van der Waals surface area contributed by atoms with Crippen molar-refractivity contribution in [2.75, 3.05) is 11.9 Å². The van der Waals surface area contributed by atoms with Crippen molar-refractivity contribution < 1.29 is 9.90 Å². The number of hydrogen-bond donors (Lipinski definition) is 2. The van der Waals surface area contributed by atoms with Crippen LogP contribution in [0.4, 0.5) is 5.69 Å². The number of hydrogen-bond acceptors (Lipinski definition) is 4. The minimum Gasteiger partial charge on any atom is -0.395 e. The number of carbonyl (C=O) groups excluding carboxylic acids is 1. The summed E-state index contributed by atoms with van der Waals surface area (Å²) in [5.74, 6) is 5.59. The zero-order valence-corrected chi connectivity index (χ0v) is 11.6. The SMILES string of the molecule is Cc1cc(C#CCCO)ccc1NC(=O)c1ccnnc1. The summed E-state index contributed by atoms with van der Waals surface area (Å²) in [4.78, 5) is 12.0. The molecule has 2 aromatic rings. The van der Waals surface area contributed by atoms with E-state index in [0.717, 1.165) is 16.8 Å². The Labute approximate surface area is 123 Å². The van der Waals surface area contributed by atoms with Crippen LogP contribution >= 0.6 is 0 Å². The number of amides is 1. The fourth-order valence-corrected chi connectivity index (χ4v) is 1.72. The van der Waals surface area contributed by atoms with E-state index in [1.54, 1.807) is 6.07 Å². The summed E-state index contributed by atoms with van der Waals surface area (Å²) < 4.78 is 0. The molecule has 0 unspecified atom stereocenters. The van der Waals surface area contributed by atoms with Gasteiger partial charge in [-0.2, -0.15) is 10.2 Å². The Morgan fingerprint density at radius 3 is 2.86 bits per heavy atom. The summed E-state index contributed by atoms with van der Waals surface area (Å²) in [6, 6.07) is 7.14. The Bertz CT molecular complexity index is 688. The highest BCUT2D eigenvalue weighted by Gasteiger charge is 2.07. The highest BCUT2D eigenvalue weighted by atomic mass is 16.2. The Balaban J connectivity index is 2.12. The lowest BCUT2D eigenvalue weighted by atomic mass is 10.1. The van der Waals surface area contributed by atoms with Gasteiger partial charge in [-0.25, -0.2) is 0 Å². The van der Waals surface area contributed by atoms with E-state index in [1.165, 1.54) is 12.4 Å². The number of aliphatic hydroxyl groups excluding tert-OH is 1. The van der Waals surface area contributed by atoms with Crippen LogP contribution < -0.4 is 5.32 Å². The van der Waals surface area contributed by atoms with Crippen molar-refractivity contribution in [1.82, 2.24) is 10.2 Å². The van der Waals surface area contributed by atoms with Crippen LogP contribution in [0.3, 0.4) is 0 Å². The topological polar surface area (TPSA) is 75.1 Å². The second-order valence-corrected chi connectivity index (χ2v) is 4.39. The lowest BCUT2D eigenvalue weighted by Gasteiger charge is -2.08. The lowest BCUT2D eigenvalue weighted by Crippen LogP contribution is -2.13. The molecular weight excluding hydrogens is 266 g/mol. The highest BCUT2D eigenvalue weighted by molar-refractivity contribution is 6.04. The molecule has 106 valence electrons. The monoisotopic (exact) mass is 281 g/mol. The van der Waals surface area contributed by atoms with Crippen molar-refractivity contribution in [3.8, 4) is 11.8 Å². The molecule has 0 atom stereocenters. The predicted octanol–water partition coefficient (Wildman–Crippen LogP) is 1.77. The molecule has 1 aromatic carbocycles. The number of carbonyl (C=O) groups is 1. The van der Waals surface area contributed by atoms with Gasteiger partial charge in [-0.3, -0.25) is 4.79 Å². The smallest absolute Gasteiger partial charge is 0.257 e. The van der Waals surface area contributed by atoms with Crippen molar-refractivity contribution in [2.45, 2.75) is 13.3 Å². The maximum atomic E-state index is 12.0. The molecule has 1 aromatic heterocycles. The summed E-state index contributed by atoms with van der Waals surface area (Å²) in [6.45, 7) is 1.96. The van der Waals surface area contributed by atoms with Crippen molar-refractivity contribution in [3.63, 3.8) is 0 Å². The Morgan fingerprint density at radius 1 is 1.33 bits per heavy atom. The van der Waals surface area contributed by atoms with Gasteiger partial charge in [0.1, 0.15) is 0 Å². The van der Waals surface area contributed by atoms with Gasteiger partial charge < -0.3 is 10.4 Å². The summed E-state index contributed by atoms with van der Waals surface area (Å²) >= 11 is 0. The van der Waals surface area contributed by atoms with E-state index >= 15 is 0 Å². The lowest BCUT2D eigenvalue weighted by molar-refractivity contribution is 0.102. The Morgan fingerprint density at radius 2 is 2.19 bits per heavy atom. The minimum atomic E-state index is -0.230. The van der Waals surface area contributed by atoms with Gasteiger partial charge in [0.25, 0.3) is 5.91 Å². The highest BCUT2D eigenvalue weighted by Crippen LogP contribution is 2.17. The van der Waals surface area contributed by atoms with Crippen LogP contribution in [0.2, 0.25) is 0 Å². The van der Waals surface area contributed by atoms with Crippen molar-refractivity contribution in [3.05, 3.63) is 53.3 Å². The molecule has 0 saturated carbocycles. The molecule has 0 aliphatic carbocycles. The van der Waals surface area contributed by atoms with Crippen LogP contribution in [0.5, 0.6) is 0 Å². The van der Waals surface area contributed by atoms with Crippen LogP contribution in [-0.4, -0.2) is 27.8 Å². The molecule has 5 nitrogen and oxygen atoms in total. The fourth-order valence-electron chi connectivity index (χ4n) is 1.72. The van der Waals surface area contributed by atoms with E-state index in [-0.39, 0.29) is 12.5 Å². The molecule has 0 saturated heterocycles. The van der Waals surface area contributed by atoms with E-state index in [0.29, 0.717) is 12.0 Å². The second kappa shape index (κ2) is 7.17. The molecule has 0 aliphatic heterocycles. The average molecular weight is 281 g/mol. The first-order valence-corrected chi connectivity index (χ1v) is 6.49. The molecule has 0 fully saturated rings. The first-order chi connectivity index (χ1) is 10.2. The molecule has 0 aliphatic rings. The summed E-state index contributed by atoms with van der Waals surface area (Å²) in [5, 5.41) is 18.8. The van der Waals surface area contributed by atoms with Crippen molar-refractivity contribution >= 4 is 11.6 Å². The molecule has 0 bridgehead atoms. The quantitative estimate of drug-likeness (QED) is 0.841. The van der Waals surface area contributed by atoms with Crippen LogP contribution in [-0.2, 0) is 0 Å². The minimum absolute atomic E-state index is 0.0556. The summed E-state index contributed by atoms with van der Waals surface area (Å²) in [7, 11) is 0. The molecule has 21 heavy (non-hydrogen) atoms. The number of benzene rings is 1. The number of aromatic nitrogens is 2.